The number of hydrogen-bond donors (Lipinski definition) is 2. The van der Waals surface area contributed by atoms with Crippen molar-refractivity contribution in [3.8, 4) is 22.3 Å². The molecular weight excluding hydrogens is 470 g/mol. The summed E-state index contributed by atoms with van der Waals surface area (Å²) in [6.07, 6.45) is 6.92. The Kier molecular flexibility index (Phi) is 8.20. The monoisotopic (exact) mass is 507 g/mol. The summed E-state index contributed by atoms with van der Waals surface area (Å²) in [6, 6.07) is 32.3. The number of fused-ring (bicyclic) bond motifs is 3. The second-order valence-corrected chi connectivity index (χ2v) is 12.5. The van der Waals surface area contributed by atoms with Crippen LogP contribution in [0.25, 0.3) is 28.0 Å². The van der Waals surface area contributed by atoms with Crippen molar-refractivity contribution < 1.29 is 0 Å². The lowest BCUT2D eigenvalue weighted by Gasteiger charge is -2.29. The van der Waals surface area contributed by atoms with Crippen LogP contribution < -0.4 is 10.6 Å². The molecule has 1 aliphatic heterocycles. The fourth-order valence-electron chi connectivity index (χ4n) is 4.91. The number of aliphatic imine (C=N–C) groups is 1. The molecule has 0 aromatic heterocycles. The molecule has 0 saturated carbocycles. The Morgan fingerprint density at radius 3 is 2.11 bits per heavy atom. The van der Waals surface area contributed by atoms with Gasteiger partial charge in [0, 0.05) is 45.9 Å². The summed E-state index contributed by atoms with van der Waals surface area (Å²) in [5.74, 6) is 0. The second-order valence-electron chi connectivity index (χ2n) is 9.01. The second kappa shape index (κ2) is 11.5. The first-order chi connectivity index (χ1) is 18.0. The van der Waals surface area contributed by atoms with Gasteiger partial charge in [-0.3, -0.25) is 4.99 Å². The molecule has 0 amide bonds. The molecule has 1 aliphatic rings. The molecule has 0 radical (unpaired) electrons. The standard InChI is InChI=1S/C31H31N3S.C2H6/c1-32-27(22-12-6-5-7-13-22)18-19-34-29-20-26-24-15-9-11-17-30(24)35(3,4)31(26)21-25(29)23-14-8-10-16-28(23)33-2;1-2/h5-18,20-21,33-34H,1,19H2,2-4H3;1-2H3/b27-18-;. The van der Waals surface area contributed by atoms with Crippen molar-refractivity contribution in [2.45, 2.75) is 23.6 Å². The zero-order valence-electron chi connectivity index (χ0n) is 22.5. The zero-order chi connectivity index (χ0) is 26.4. The number of hydrogen-bond acceptors (Lipinski definition) is 3. The number of rotatable bonds is 7. The van der Waals surface area contributed by atoms with Crippen LogP contribution in [0.15, 0.2) is 112 Å². The van der Waals surface area contributed by atoms with E-state index in [1.807, 2.05) is 39.1 Å². The molecule has 3 nitrogen and oxygen atoms in total. The lowest BCUT2D eigenvalue weighted by atomic mass is 9.97. The molecule has 0 aliphatic carbocycles. The van der Waals surface area contributed by atoms with E-state index in [2.05, 4.69) is 114 Å². The van der Waals surface area contributed by atoms with E-state index in [9.17, 15) is 0 Å². The largest absolute Gasteiger partial charge is 0.388 e. The third kappa shape index (κ3) is 5.07. The summed E-state index contributed by atoms with van der Waals surface area (Å²) < 4.78 is 0. The molecule has 4 heteroatoms. The quantitative estimate of drug-likeness (QED) is 0.245. The maximum atomic E-state index is 4.27. The number of anilines is 2. The fraction of sp³-hybridized carbons (Fsp3) is 0.182. The van der Waals surface area contributed by atoms with E-state index in [1.165, 1.54) is 32.0 Å². The fourth-order valence-corrected chi connectivity index (χ4v) is 7.43. The van der Waals surface area contributed by atoms with Crippen LogP contribution in [-0.2, 0) is 0 Å². The summed E-state index contributed by atoms with van der Waals surface area (Å²) in [6.45, 7) is 8.43. The molecule has 0 spiro atoms. The lowest BCUT2D eigenvalue weighted by Crippen LogP contribution is -2.03. The molecule has 0 saturated heterocycles. The molecule has 0 atom stereocenters. The van der Waals surface area contributed by atoms with Gasteiger partial charge in [-0.05, 0) is 66.3 Å². The van der Waals surface area contributed by atoms with Crippen LogP contribution in [0.5, 0.6) is 0 Å². The third-order valence-corrected chi connectivity index (χ3v) is 9.60. The van der Waals surface area contributed by atoms with Gasteiger partial charge in [-0.1, -0.05) is 80.6 Å². The molecule has 190 valence electrons. The molecule has 37 heavy (non-hydrogen) atoms. The van der Waals surface area contributed by atoms with E-state index in [-0.39, 0.29) is 0 Å². The van der Waals surface area contributed by atoms with E-state index >= 15 is 0 Å². The number of para-hydroxylation sites is 1. The van der Waals surface area contributed by atoms with Gasteiger partial charge in [-0.2, -0.15) is 10.0 Å². The molecule has 0 bridgehead atoms. The molecule has 0 fully saturated rings. The number of benzene rings is 4. The normalized spacial score (nSPS) is 13.9. The molecule has 1 heterocycles. The van der Waals surface area contributed by atoms with Gasteiger partial charge in [0.1, 0.15) is 0 Å². The zero-order valence-corrected chi connectivity index (χ0v) is 23.3. The first-order valence-electron chi connectivity index (χ1n) is 12.8. The average molecular weight is 508 g/mol. The van der Waals surface area contributed by atoms with Crippen LogP contribution >= 0.6 is 10.0 Å². The first-order valence-corrected chi connectivity index (χ1v) is 15.2. The Labute approximate surface area is 223 Å². The van der Waals surface area contributed by atoms with Gasteiger partial charge < -0.3 is 10.6 Å². The Hall–Kier alpha value is -3.76. The minimum absolute atomic E-state index is 0.647. The van der Waals surface area contributed by atoms with E-state index in [0.717, 1.165) is 22.6 Å². The van der Waals surface area contributed by atoms with E-state index in [1.54, 1.807) is 0 Å². The van der Waals surface area contributed by atoms with Crippen LogP contribution in [0.1, 0.15) is 19.4 Å². The summed E-state index contributed by atoms with van der Waals surface area (Å²) in [7, 11) is 0.892. The molecular formula is C33H37N3S. The lowest BCUT2D eigenvalue weighted by molar-refractivity contribution is 1.31. The van der Waals surface area contributed by atoms with Crippen LogP contribution in [0, 0.1) is 0 Å². The summed E-state index contributed by atoms with van der Waals surface area (Å²) >= 11 is 0. The summed E-state index contributed by atoms with van der Waals surface area (Å²) in [4.78, 5) is 7.17. The number of nitrogens with one attached hydrogen (secondary N) is 2. The van der Waals surface area contributed by atoms with E-state index in [4.69, 9.17) is 0 Å². The Bertz CT molecular complexity index is 1420. The maximum absolute atomic E-state index is 4.27. The predicted molar refractivity (Wildman–Crippen MR) is 167 cm³/mol. The van der Waals surface area contributed by atoms with Gasteiger partial charge in [0.05, 0.1) is 5.70 Å². The van der Waals surface area contributed by atoms with Crippen molar-refractivity contribution in [1.29, 1.82) is 0 Å². The summed E-state index contributed by atoms with van der Waals surface area (Å²) in [5, 5.41) is 7.08. The Morgan fingerprint density at radius 1 is 0.757 bits per heavy atom. The van der Waals surface area contributed by atoms with Crippen LogP contribution in [0.2, 0.25) is 0 Å². The minimum Gasteiger partial charge on any atom is -0.388 e. The van der Waals surface area contributed by atoms with Gasteiger partial charge in [0.25, 0.3) is 0 Å². The third-order valence-electron chi connectivity index (χ3n) is 6.71. The van der Waals surface area contributed by atoms with Crippen LogP contribution in [-0.4, -0.2) is 32.8 Å². The molecule has 5 rings (SSSR count). The SMILES string of the molecule is C=N/C(=C\CNc1cc2c(cc1-c1ccccc1NC)S(C)(C)c1ccccc1-2)c1ccccc1.CC. The van der Waals surface area contributed by atoms with E-state index in [0.29, 0.717) is 6.54 Å². The predicted octanol–water partition coefficient (Wildman–Crippen LogP) is 9.04. The average Bonchev–Trinajstić information content (AvgIpc) is 3.18. The molecule has 4 aromatic rings. The topological polar surface area (TPSA) is 36.4 Å². The van der Waals surface area contributed by atoms with Crippen molar-refractivity contribution in [2.75, 3.05) is 36.7 Å². The van der Waals surface area contributed by atoms with Crippen LogP contribution in [0.3, 0.4) is 0 Å². The minimum atomic E-state index is -1.09. The Morgan fingerprint density at radius 2 is 1.41 bits per heavy atom. The molecule has 0 unspecified atom stereocenters. The summed E-state index contributed by atoms with van der Waals surface area (Å²) in [5.41, 5.74) is 9.28. The number of nitrogens with zero attached hydrogens (tertiary/aromatic N) is 1. The van der Waals surface area contributed by atoms with Crippen molar-refractivity contribution in [2.24, 2.45) is 4.99 Å². The van der Waals surface area contributed by atoms with Gasteiger partial charge in [-0.25, -0.2) is 0 Å². The Balaban J connectivity index is 0.00000156. The maximum Gasteiger partial charge on any atom is 0.0672 e. The highest BCUT2D eigenvalue weighted by Gasteiger charge is 2.32. The van der Waals surface area contributed by atoms with Gasteiger partial charge in [0.15, 0.2) is 0 Å². The highest BCUT2D eigenvalue weighted by Crippen LogP contribution is 2.68. The van der Waals surface area contributed by atoms with Crippen molar-refractivity contribution in [1.82, 2.24) is 0 Å². The van der Waals surface area contributed by atoms with Gasteiger partial charge in [-0.15, -0.1) is 0 Å². The van der Waals surface area contributed by atoms with E-state index < -0.39 is 10.0 Å². The smallest absolute Gasteiger partial charge is 0.0672 e. The van der Waals surface area contributed by atoms with Gasteiger partial charge >= 0.3 is 0 Å². The van der Waals surface area contributed by atoms with Crippen molar-refractivity contribution >= 4 is 33.8 Å². The first kappa shape index (κ1) is 26.3. The highest BCUT2D eigenvalue weighted by molar-refractivity contribution is 8.33. The highest BCUT2D eigenvalue weighted by atomic mass is 32.3. The van der Waals surface area contributed by atoms with Crippen molar-refractivity contribution in [3.63, 3.8) is 0 Å². The van der Waals surface area contributed by atoms with Crippen molar-refractivity contribution in [3.05, 3.63) is 103 Å². The molecule has 4 aromatic carbocycles. The van der Waals surface area contributed by atoms with Crippen LogP contribution in [0.4, 0.5) is 11.4 Å². The van der Waals surface area contributed by atoms with Gasteiger partial charge in [0.2, 0.25) is 0 Å². The molecule has 2 N–H and O–H groups in total.